The molecule has 15 heavy (non-hydrogen) atoms. The van der Waals surface area contributed by atoms with Gasteiger partial charge < -0.3 is 4.74 Å². The van der Waals surface area contributed by atoms with Crippen molar-refractivity contribution in [3.63, 3.8) is 0 Å². The first-order chi connectivity index (χ1) is 7.22. The third-order valence-electron chi connectivity index (χ3n) is 1.81. The van der Waals surface area contributed by atoms with Gasteiger partial charge in [0.25, 0.3) is 0 Å². The van der Waals surface area contributed by atoms with Gasteiger partial charge in [0, 0.05) is 11.0 Å². The molecule has 0 radical (unpaired) electrons. The first kappa shape index (κ1) is 12.0. The summed E-state index contributed by atoms with van der Waals surface area (Å²) >= 11 is 3.26. The Balaban J connectivity index is 2.34. The van der Waals surface area contributed by atoms with E-state index in [2.05, 4.69) is 21.2 Å². The van der Waals surface area contributed by atoms with Crippen molar-refractivity contribution in [2.75, 3.05) is 17.3 Å². The molecule has 0 aliphatic rings. The Morgan fingerprint density at radius 1 is 1.40 bits per heavy atom. The molecule has 1 aromatic carbocycles. The Bertz CT molecular complexity index is 311. The summed E-state index contributed by atoms with van der Waals surface area (Å²) in [7, 11) is 0. The summed E-state index contributed by atoms with van der Waals surface area (Å²) in [6.45, 7) is 2.43. The number of hydrogen-bond donors (Lipinski definition) is 1. The van der Waals surface area contributed by atoms with E-state index < -0.39 is 6.09 Å². The zero-order chi connectivity index (χ0) is 11.1. The zero-order valence-corrected chi connectivity index (χ0v) is 10.2. The van der Waals surface area contributed by atoms with Crippen molar-refractivity contribution in [3.8, 4) is 0 Å². The van der Waals surface area contributed by atoms with Crippen molar-refractivity contribution in [2.24, 2.45) is 0 Å². The minimum absolute atomic E-state index is 0.403. The maximum absolute atomic E-state index is 11.2. The Labute approximate surface area is 97.9 Å². The highest BCUT2D eigenvalue weighted by Gasteiger charge is 2.01. The van der Waals surface area contributed by atoms with Crippen LogP contribution in [0.1, 0.15) is 12.0 Å². The third-order valence-corrected chi connectivity index (χ3v) is 2.37. The van der Waals surface area contributed by atoms with E-state index in [1.807, 2.05) is 31.2 Å². The normalized spacial score (nSPS) is 9.73. The van der Waals surface area contributed by atoms with Crippen LogP contribution in [-0.4, -0.2) is 18.0 Å². The van der Waals surface area contributed by atoms with Crippen LogP contribution in [0.2, 0.25) is 0 Å². The van der Waals surface area contributed by atoms with Gasteiger partial charge in [-0.05, 0) is 25.5 Å². The molecule has 82 valence electrons. The van der Waals surface area contributed by atoms with Crippen molar-refractivity contribution in [1.82, 2.24) is 0 Å². The second-order valence-corrected chi connectivity index (χ2v) is 3.96. The number of carbonyl (C=O) groups is 1. The molecule has 0 aliphatic carbocycles. The average Bonchev–Trinajstić information content (AvgIpc) is 2.22. The fourth-order valence-corrected chi connectivity index (χ4v) is 1.24. The number of nitrogens with one attached hydrogen (secondary N) is 1. The predicted molar refractivity (Wildman–Crippen MR) is 64.6 cm³/mol. The summed E-state index contributed by atoms with van der Waals surface area (Å²) in [6, 6.07) is 7.57. The lowest BCUT2D eigenvalue weighted by Gasteiger charge is -2.06. The number of hydrogen-bond acceptors (Lipinski definition) is 2. The van der Waals surface area contributed by atoms with Crippen LogP contribution in [0.4, 0.5) is 10.5 Å². The van der Waals surface area contributed by atoms with Gasteiger partial charge >= 0.3 is 6.09 Å². The van der Waals surface area contributed by atoms with E-state index in [1.54, 1.807) is 0 Å². The summed E-state index contributed by atoms with van der Waals surface area (Å²) < 4.78 is 4.94. The lowest BCUT2D eigenvalue weighted by atomic mass is 10.2. The fourth-order valence-electron chi connectivity index (χ4n) is 1.01. The van der Waals surface area contributed by atoms with E-state index in [-0.39, 0.29) is 0 Å². The van der Waals surface area contributed by atoms with E-state index >= 15 is 0 Å². The van der Waals surface area contributed by atoms with E-state index in [1.165, 1.54) is 0 Å². The van der Waals surface area contributed by atoms with Crippen LogP contribution in [0.15, 0.2) is 24.3 Å². The molecular weight excluding hydrogens is 258 g/mol. The Morgan fingerprint density at radius 3 is 2.67 bits per heavy atom. The molecule has 0 unspecified atom stereocenters. The van der Waals surface area contributed by atoms with E-state index in [4.69, 9.17) is 4.74 Å². The monoisotopic (exact) mass is 271 g/mol. The molecule has 0 fully saturated rings. The van der Waals surface area contributed by atoms with Crippen molar-refractivity contribution >= 4 is 27.7 Å². The molecule has 0 aliphatic heterocycles. The molecule has 0 heterocycles. The summed E-state index contributed by atoms with van der Waals surface area (Å²) in [5, 5.41) is 3.49. The number of alkyl halides is 1. The summed E-state index contributed by atoms with van der Waals surface area (Å²) in [6.07, 6.45) is 0.418. The van der Waals surface area contributed by atoms with Gasteiger partial charge in [0.1, 0.15) is 0 Å². The van der Waals surface area contributed by atoms with Crippen LogP contribution in [0.5, 0.6) is 0 Å². The molecule has 0 saturated carbocycles. The Hall–Kier alpha value is -1.03. The lowest BCUT2D eigenvalue weighted by molar-refractivity contribution is 0.162. The van der Waals surface area contributed by atoms with Crippen molar-refractivity contribution in [3.05, 3.63) is 29.8 Å². The number of carbonyl (C=O) groups excluding carboxylic acids is 1. The molecule has 0 saturated heterocycles. The van der Waals surface area contributed by atoms with Crippen molar-refractivity contribution < 1.29 is 9.53 Å². The van der Waals surface area contributed by atoms with E-state index in [0.717, 1.165) is 23.0 Å². The number of amides is 1. The number of benzene rings is 1. The summed E-state index contributed by atoms with van der Waals surface area (Å²) in [5.41, 5.74) is 1.91. The molecule has 1 amide bonds. The van der Waals surface area contributed by atoms with Crippen LogP contribution < -0.4 is 5.32 Å². The van der Waals surface area contributed by atoms with Crippen LogP contribution in [0, 0.1) is 6.92 Å². The molecular formula is C11H14BrNO2. The highest BCUT2D eigenvalue weighted by Crippen LogP contribution is 2.08. The van der Waals surface area contributed by atoms with Gasteiger partial charge in [0.2, 0.25) is 0 Å². The first-order valence-electron chi connectivity index (χ1n) is 4.79. The standard InChI is InChI=1S/C11H14BrNO2/c1-9-3-5-10(6-4-9)13-11(14)15-8-2-7-12/h3-6H,2,7-8H2,1H3,(H,13,14). The highest BCUT2D eigenvalue weighted by molar-refractivity contribution is 9.09. The van der Waals surface area contributed by atoms with E-state index in [0.29, 0.717) is 6.61 Å². The molecule has 0 aromatic heterocycles. The van der Waals surface area contributed by atoms with Crippen LogP contribution in [0.3, 0.4) is 0 Å². The minimum Gasteiger partial charge on any atom is -0.449 e. The van der Waals surface area contributed by atoms with Gasteiger partial charge in [0.15, 0.2) is 0 Å². The largest absolute Gasteiger partial charge is 0.449 e. The fraction of sp³-hybridized carbons (Fsp3) is 0.364. The maximum Gasteiger partial charge on any atom is 0.411 e. The first-order valence-corrected chi connectivity index (χ1v) is 5.91. The van der Waals surface area contributed by atoms with Gasteiger partial charge in [-0.1, -0.05) is 33.6 Å². The maximum atomic E-state index is 11.2. The summed E-state index contributed by atoms with van der Waals surface area (Å²) in [5.74, 6) is 0. The van der Waals surface area contributed by atoms with Crippen molar-refractivity contribution in [1.29, 1.82) is 0 Å². The second-order valence-electron chi connectivity index (χ2n) is 3.17. The smallest absolute Gasteiger partial charge is 0.411 e. The van der Waals surface area contributed by atoms with Crippen LogP contribution >= 0.6 is 15.9 Å². The number of rotatable bonds is 4. The Morgan fingerprint density at radius 2 is 2.07 bits per heavy atom. The van der Waals surface area contributed by atoms with Crippen molar-refractivity contribution in [2.45, 2.75) is 13.3 Å². The quantitative estimate of drug-likeness (QED) is 0.674. The minimum atomic E-state index is -0.403. The number of halogens is 1. The SMILES string of the molecule is Cc1ccc(NC(=O)OCCCBr)cc1. The van der Waals surface area contributed by atoms with E-state index in [9.17, 15) is 4.79 Å². The number of anilines is 1. The molecule has 4 heteroatoms. The van der Waals surface area contributed by atoms with Gasteiger partial charge in [-0.15, -0.1) is 0 Å². The molecule has 1 aromatic rings. The third kappa shape index (κ3) is 4.83. The second kappa shape index (κ2) is 6.45. The highest BCUT2D eigenvalue weighted by atomic mass is 79.9. The molecule has 0 atom stereocenters. The Kier molecular flexibility index (Phi) is 5.18. The zero-order valence-electron chi connectivity index (χ0n) is 8.63. The number of ether oxygens (including phenoxy) is 1. The molecule has 1 rings (SSSR count). The molecule has 1 N–H and O–H groups in total. The van der Waals surface area contributed by atoms with Gasteiger partial charge in [0.05, 0.1) is 6.61 Å². The van der Waals surface area contributed by atoms with Gasteiger partial charge in [-0.3, -0.25) is 5.32 Å². The van der Waals surface area contributed by atoms with Gasteiger partial charge in [-0.2, -0.15) is 0 Å². The molecule has 0 spiro atoms. The van der Waals surface area contributed by atoms with Crippen LogP contribution in [0.25, 0.3) is 0 Å². The topological polar surface area (TPSA) is 38.3 Å². The predicted octanol–water partition coefficient (Wildman–Crippen LogP) is 3.33. The average molecular weight is 272 g/mol. The lowest BCUT2D eigenvalue weighted by Crippen LogP contribution is -2.14. The molecule has 3 nitrogen and oxygen atoms in total. The molecule has 0 bridgehead atoms. The van der Waals surface area contributed by atoms with Gasteiger partial charge in [-0.25, -0.2) is 4.79 Å². The number of aryl methyl sites for hydroxylation is 1. The summed E-state index contributed by atoms with van der Waals surface area (Å²) in [4.78, 5) is 11.2. The van der Waals surface area contributed by atoms with Crippen LogP contribution in [-0.2, 0) is 4.74 Å².